The minimum Gasteiger partial charge on any atom is -0.348 e. The molecule has 0 atom stereocenters. The van der Waals surface area contributed by atoms with Crippen molar-refractivity contribution in [3.05, 3.63) is 35.4 Å². The van der Waals surface area contributed by atoms with Gasteiger partial charge in [0, 0.05) is 19.8 Å². The second-order valence-corrected chi connectivity index (χ2v) is 3.06. The molecule has 0 amide bonds. The molecular formula is C11H14N2O2. The van der Waals surface area contributed by atoms with E-state index in [1.807, 2.05) is 6.07 Å². The molecule has 0 fully saturated rings. The summed E-state index contributed by atoms with van der Waals surface area (Å²) in [6.45, 7) is 0.189. The molecule has 1 aromatic rings. The highest BCUT2D eigenvalue weighted by Crippen LogP contribution is 2.25. The summed E-state index contributed by atoms with van der Waals surface area (Å²) >= 11 is 0. The van der Waals surface area contributed by atoms with E-state index in [1.165, 1.54) is 14.2 Å². The zero-order chi connectivity index (χ0) is 11.3. The fraction of sp³-hybridized carbons (Fsp3) is 0.364. The summed E-state index contributed by atoms with van der Waals surface area (Å²) in [6, 6.07) is 9.08. The molecule has 0 saturated carbocycles. The van der Waals surface area contributed by atoms with Gasteiger partial charge in [-0.25, -0.2) is 0 Å². The number of hydrogen-bond donors (Lipinski definition) is 1. The third-order valence-electron chi connectivity index (χ3n) is 2.36. The smallest absolute Gasteiger partial charge is 0.207 e. The van der Waals surface area contributed by atoms with Crippen molar-refractivity contribution in [2.24, 2.45) is 5.73 Å². The minimum absolute atomic E-state index is 0.189. The molecule has 0 aromatic heterocycles. The number of nitrogens with two attached hydrogens (primary N) is 1. The summed E-state index contributed by atoms with van der Waals surface area (Å²) in [7, 11) is 3.05. The lowest BCUT2D eigenvalue weighted by Gasteiger charge is -2.29. The Labute approximate surface area is 89.2 Å². The quantitative estimate of drug-likeness (QED) is 0.745. The first-order valence-corrected chi connectivity index (χ1v) is 4.53. The third kappa shape index (κ3) is 2.16. The first-order chi connectivity index (χ1) is 7.22. The van der Waals surface area contributed by atoms with E-state index in [0.29, 0.717) is 5.56 Å². The van der Waals surface area contributed by atoms with E-state index in [1.54, 1.807) is 18.2 Å². The highest BCUT2D eigenvalue weighted by Gasteiger charge is 2.30. The average molecular weight is 206 g/mol. The number of nitriles is 1. The zero-order valence-electron chi connectivity index (χ0n) is 8.86. The maximum absolute atomic E-state index is 8.78. The predicted octanol–water partition coefficient (Wildman–Crippen LogP) is 0.963. The largest absolute Gasteiger partial charge is 0.348 e. The van der Waals surface area contributed by atoms with E-state index < -0.39 is 5.79 Å². The molecule has 2 N–H and O–H groups in total. The molecule has 0 bridgehead atoms. The molecule has 0 aliphatic carbocycles. The van der Waals surface area contributed by atoms with Crippen LogP contribution in [0.1, 0.15) is 11.1 Å². The van der Waals surface area contributed by atoms with Gasteiger partial charge in [0.15, 0.2) is 0 Å². The molecule has 80 valence electrons. The Morgan fingerprint density at radius 1 is 1.40 bits per heavy atom. The Bertz CT molecular complexity index is 359. The average Bonchev–Trinajstić information content (AvgIpc) is 2.32. The van der Waals surface area contributed by atoms with Gasteiger partial charge in [-0.05, 0) is 12.1 Å². The first kappa shape index (κ1) is 11.7. The van der Waals surface area contributed by atoms with Crippen LogP contribution in [0.4, 0.5) is 0 Å². The Kier molecular flexibility index (Phi) is 3.81. The van der Waals surface area contributed by atoms with Crippen LogP contribution in [0.3, 0.4) is 0 Å². The summed E-state index contributed by atoms with van der Waals surface area (Å²) in [5.41, 5.74) is 6.92. The Balaban J connectivity index is 3.17. The fourth-order valence-corrected chi connectivity index (χ4v) is 1.43. The van der Waals surface area contributed by atoms with E-state index in [4.69, 9.17) is 20.5 Å². The van der Waals surface area contributed by atoms with Crippen LogP contribution in [0.25, 0.3) is 0 Å². The second kappa shape index (κ2) is 4.89. The molecule has 0 aliphatic rings. The predicted molar refractivity (Wildman–Crippen MR) is 55.9 cm³/mol. The maximum Gasteiger partial charge on any atom is 0.207 e. The van der Waals surface area contributed by atoms with Gasteiger partial charge in [0.05, 0.1) is 18.2 Å². The van der Waals surface area contributed by atoms with E-state index >= 15 is 0 Å². The molecule has 0 aliphatic heterocycles. The number of benzene rings is 1. The van der Waals surface area contributed by atoms with Crippen molar-refractivity contribution in [3.63, 3.8) is 0 Å². The van der Waals surface area contributed by atoms with Gasteiger partial charge in [-0.1, -0.05) is 12.1 Å². The molecule has 0 spiro atoms. The van der Waals surface area contributed by atoms with Gasteiger partial charge in [0.1, 0.15) is 0 Å². The molecule has 0 radical (unpaired) electrons. The summed E-state index contributed by atoms with van der Waals surface area (Å²) in [5, 5.41) is 8.78. The van der Waals surface area contributed by atoms with Crippen LogP contribution in [0, 0.1) is 11.3 Å². The molecule has 1 rings (SSSR count). The number of methoxy groups -OCH3 is 2. The summed E-state index contributed by atoms with van der Waals surface area (Å²) in [4.78, 5) is 0. The highest BCUT2D eigenvalue weighted by molar-refractivity contribution is 5.35. The van der Waals surface area contributed by atoms with E-state index in [-0.39, 0.29) is 6.54 Å². The number of hydrogen-bond acceptors (Lipinski definition) is 4. The van der Waals surface area contributed by atoms with Gasteiger partial charge < -0.3 is 15.2 Å². The van der Waals surface area contributed by atoms with Crippen molar-refractivity contribution < 1.29 is 9.47 Å². The number of ether oxygens (including phenoxy) is 2. The van der Waals surface area contributed by atoms with Crippen LogP contribution in [0.2, 0.25) is 0 Å². The van der Waals surface area contributed by atoms with Gasteiger partial charge in [0.25, 0.3) is 0 Å². The lowest BCUT2D eigenvalue weighted by Crippen LogP contribution is -2.38. The Morgan fingerprint density at radius 2 is 2.07 bits per heavy atom. The molecule has 0 unspecified atom stereocenters. The molecule has 4 nitrogen and oxygen atoms in total. The number of rotatable bonds is 4. The van der Waals surface area contributed by atoms with Gasteiger partial charge in [0.2, 0.25) is 5.79 Å². The van der Waals surface area contributed by atoms with E-state index in [0.717, 1.165) is 5.56 Å². The van der Waals surface area contributed by atoms with Gasteiger partial charge >= 0.3 is 0 Å². The Hall–Kier alpha value is -1.41. The Morgan fingerprint density at radius 3 is 2.53 bits per heavy atom. The van der Waals surface area contributed by atoms with Crippen molar-refractivity contribution in [1.82, 2.24) is 0 Å². The highest BCUT2D eigenvalue weighted by atomic mass is 16.7. The standard InChI is InChI=1S/C11H14N2O2/c1-14-11(8-13,15-2)10-5-3-4-9(6-10)7-12/h3-6H,8,13H2,1-2H3. The monoisotopic (exact) mass is 206 g/mol. The minimum atomic E-state index is -0.965. The SMILES string of the molecule is COC(CN)(OC)c1cccc(C#N)c1. The topological polar surface area (TPSA) is 68.3 Å². The van der Waals surface area contributed by atoms with Crippen LogP contribution in [-0.2, 0) is 15.3 Å². The van der Waals surface area contributed by atoms with Crippen molar-refractivity contribution in [3.8, 4) is 6.07 Å². The van der Waals surface area contributed by atoms with Crippen LogP contribution in [-0.4, -0.2) is 20.8 Å². The van der Waals surface area contributed by atoms with Gasteiger partial charge in [-0.3, -0.25) is 0 Å². The van der Waals surface area contributed by atoms with E-state index in [2.05, 4.69) is 6.07 Å². The second-order valence-electron chi connectivity index (χ2n) is 3.06. The lowest BCUT2D eigenvalue weighted by molar-refractivity contribution is -0.207. The molecule has 1 aromatic carbocycles. The molecule has 0 heterocycles. The molecule has 4 heteroatoms. The summed E-state index contributed by atoms with van der Waals surface area (Å²) in [6.07, 6.45) is 0. The first-order valence-electron chi connectivity index (χ1n) is 4.53. The van der Waals surface area contributed by atoms with Crippen LogP contribution < -0.4 is 5.73 Å². The normalized spacial score (nSPS) is 11.1. The van der Waals surface area contributed by atoms with Crippen molar-refractivity contribution in [2.45, 2.75) is 5.79 Å². The summed E-state index contributed by atoms with van der Waals surface area (Å²) in [5.74, 6) is -0.965. The summed E-state index contributed by atoms with van der Waals surface area (Å²) < 4.78 is 10.5. The van der Waals surface area contributed by atoms with Crippen LogP contribution >= 0.6 is 0 Å². The third-order valence-corrected chi connectivity index (χ3v) is 2.36. The van der Waals surface area contributed by atoms with Crippen molar-refractivity contribution in [2.75, 3.05) is 20.8 Å². The van der Waals surface area contributed by atoms with Gasteiger partial charge in [-0.2, -0.15) is 5.26 Å². The fourth-order valence-electron chi connectivity index (χ4n) is 1.43. The van der Waals surface area contributed by atoms with Crippen molar-refractivity contribution >= 4 is 0 Å². The van der Waals surface area contributed by atoms with Gasteiger partial charge in [-0.15, -0.1) is 0 Å². The van der Waals surface area contributed by atoms with E-state index in [9.17, 15) is 0 Å². The zero-order valence-corrected chi connectivity index (χ0v) is 8.86. The maximum atomic E-state index is 8.78. The van der Waals surface area contributed by atoms with Crippen LogP contribution in [0.5, 0.6) is 0 Å². The molecule has 0 saturated heterocycles. The van der Waals surface area contributed by atoms with Crippen LogP contribution in [0.15, 0.2) is 24.3 Å². The molecular weight excluding hydrogens is 192 g/mol. The van der Waals surface area contributed by atoms with Crippen molar-refractivity contribution in [1.29, 1.82) is 5.26 Å². The number of nitrogens with zero attached hydrogens (tertiary/aromatic N) is 1. The molecule has 15 heavy (non-hydrogen) atoms. The lowest BCUT2D eigenvalue weighted by atomic mass is 10.0.